The van der Waals surface area contributed by atoms with Gasteiger partial charge in [-0.25, -0.2) is 4.39 Å². The third kappa shape index (κ3) is 5.53. The van der Waals surface area contributed by atoms with Crippen LogP contribution in [-0.2, 0) is 11.3 Å². The van der Waals surface area contributed by atoms with Crippen molar-refractivity contribution >= 4 is 5.69 Å². The Bertz CT molecular complexity index is 628. The van der Waals surface area contributed by atoms with Crippen molar-refractivity contribution in [2.45, 2.75) is 12.7 Å². The molecule has 1 aliphatic heterocycles. The maximum Gasteiger partial charge on any atom is 0.123 e. The summed E-state index contributed by atoms with van der Waals surface area (Å²) >= 11 is 0. The maximum absolute atomic E-state index is 13.0. The first kappa shape index (κ1) is 17.9. The number of ether oxygens (including phenoxy) is 1. The first-order chi connectivity index (χ1) is 12.2. The molecule has 1 fully saturated rings. The molecule has 0 bridgehead atoms. The van der Waals surface area contributed by atoms with Crippen LogP contribution in [0.15, 0.2) is 54.6 Å². The van der Waals surface area contributed by atoms with Gasteiger partial charge >= 0.3 is 0 Å². The molecule has 2 aromatic carbocycles. The molecule has 2 aromatic rings. The Balaban J connectivity index is 1.36. The first-order valence-corrected chi connectivity index (χ1v) is 8.73. The summed E-state index contributed by atoms with van der Waals surface area (Å²) in [4.78, 5) is 4.49. The molecule has 0 unspecified atom stereocenters. The number of benzene rings is 2. The molecule has 4 nitrogen and oxygen atoms in total. The highest BCUT2D eigenvalue weighted by Gasteiger charge is 2.19. The van der Waals surface area contributed by atoms with Crippen molar-refractivity contribution in [3.05, 3.63) is 66.0 Å². The molecule has 1 aliphatic rings. The standard InChI is InChI=1S/C20H25FN2O2/c21-18-6-8-19(9-7-18)23-12-10-22(11-13-23)14-20(24)16-25-15-17-4-2-1-3-5-17/h1-9,20,24H,10-16H2/t20-/m0/s1. The van der Waals surface area contributed by atoms with Crippen LogP contribution in [0.2, 0.25) is 0 Å². The Kier molecular flexibility index (Phi) is 6.39. The summed E-state index contributed by atoms with van der Waals surface area (Å²) in [5, 5.41) is 10.2. The van der Waals surface area contributed by atoms with Crippen molar-refractivity contribution in [2.75, 3.05) is 44.2 Å². The number of aliphatic hydroxyl groups is 1. The van der Waals surface area contributed by atoms with E-state index in [0.29, 0.717) is 19.8 Å². The van der Waals surface area contributed by atoms with Crippen molar-refractivity contribution < 1.29 is 14.2 Å². The SMILES string of the molecule is O[C@H](COCc1ccccc1)CN1CCN(c2ccc(F)cc2)CC1. The molecule has 134 valence electrons. The van der Waals surface area contributed by atoms with Gasteiger partial charge in [0.05, 0.1) is 19.3 Å². The van der Waals surface area contributed by atoms with Crippen molar-refractivity contribution in [3.8, 4) is 0 Å². The topological polar surface area (TPSA) is 35.9 Å². The minimum Gasteiger partial charge on any atom is -0.389 e. The smallest absolute Gasteiger partial charge is 0.123 e. The van der Waals surface area contributed by atoms with E-state index in [9.17, 15) is 9.50 Å². The van der Waals surface area contributed by atoms with Gasteiger partial charge in [0.2, 0.25) is 0 Å². The number of halogens is 1. The van der Waals surface area contributed by atoms with Gasteiger partial charge in [-0.1, -0.05) is 30.3 Å². The largest absolute Gasteiger partial charge is 0.389 e. The van der Waals surface area contributed by atoms with Gasteiger partial charge in [0, 0.05) is 38.4 Å². The van der Waals surface area contributed by atoms with Crippen LogP contribution in [0.3, 0.4) is 0 Å². The Labute approximate surface area is 148 Å². The molecule has 25 heavy (non-hydrogen) atoms. The molecule has 5 heteroatoms. The van der Waals surface area contributed by atoms with Crippen molar-refractivity contribution in [2.24, 2.45) is 0 Å². The average molecular weight is 344 g/mol. The number of nitrogens with zero attached hydrogens (tertiary/aromatic N) is 2. The lowest BCUT2D eigenvalue weighted by molar-refractivity contribution is 0.00914. The van der Waals surface area contributed by atoms with Crippen molar-refractivity contribution in [1.29, 1.82) is 0 Å². The second kappa shape index (κ2) is 8.94. The predicted octanol–water partition coefficient (Wildman–Crippen LogP) is 2.53. The Hall–Kier alpha value is -1.95. The van der Waals surface area contributed by atoms with Crippen LogP contribution in [0.4, 0.5) is 10.1 Å². The third-order valence-electron chi connectivity index (χ3n) is 4.45. The highest BCUT2D eigenvalue weighted by atomic mass is 19.1. The number of hydrogen-bond donors (Lipinski definition) is 1. The third-order valence-corrected chi connectivity index (χ3v) is 4.45. The van der Waals surface area contributed by atoms with E-state index < -0.39 is 6.10 Å². The fourth-order valence-corrected chi connectivity index (χ4v) is 3.08. The van der Waals surface area contributed by atoms with E-state index in [4.69, 9.17) is 4.74 Å². The number of rotatable bonds is 7. The monoisotopic (exact) mass is 344 g/mol. The number of hydrogen-bond acceptors (Lipinski definition) is 4. The molecular formula is C20H25FN2O2. The molecule has 0 amide bonds. The first-order valence-electron chi connectivity index (χ1n) is 8.73. The fraction of sp³-hybridized carbons (Fsp3) is 0.400. The van der Waals surface area contributed by atoms with Crippen LogP contribution in [-0.4, -0.2) is 55.4 Å². The molecule has 0 aliphatic carbocycles. The second-order valence-electron chi connectivity index (χ2n) is 6.42. The molecular weight excluding hydrogens is 319 g/mol. The molecule has 0 radical (unpaired) electrons. The molecule has 0 aromatic heterocycles. The van der Waals surface area contributed by atoms with E-state index in [1.807, 2.05) is 42.5 Å². The summed E-state index contributed by atoms with van der Waals surface area (Å²) in [6, 6.07) is 16.6. The summed E-state index contributed by atoms with van der Waals surface area (Å²) in [5.41, 5.74) is 2.16. The van der Waals surface area contributed by atoms with E-state index in [-0.39, 0.29) is 5.82 Å². The number of aliphatic hydroxyl groups excluding tert-OH is 1. The van der Waals surface area contributed by atoms with Gasteiger partial charge in [0.1, 0.15) is 5.82 Å². The lowest BCUT2D eigenvalue weighted by atomic mass is 10.2. The highest BCUT2D eigenvalue weighted by Crippen LogP contribution is 2.17. The summed E-state index contributed by atoms with van der Waals surface area (Å²) in [6.07, 6.45) is -0.485. The summed E-state index contributed by atoms with van der Waals surface area (Å²) in [7, 11) is 0. The zero-order chi connectivity index (χ0) is 17.5. The van der Waals surface area contributed by atoms with E-state index in [0.717, 1.165) is 37.4 Å². The fourth-order valence-electron chi connectivity index (χ4n) is 3.08. The minimum atomic E-state index is -0.485. The van der Waals surface area contributed by atoms with Gasteiger partial charge < -0.3 is 14.7 Å². The maximum atomic E-state index is 13.0. The van der Waals surface area contributed by atoms with Gasteiger partial charge in [-0.2, -0.15) is 0 Å². The molecule has 1 N–H and O–H groups in total. The van der Waals surface area contributed by atoms with E-state index >= 15 is 0 Å². The van der Waals surface area contributed by atoms with E-state index in [2.05, 4.69) is 9.80 Å². The molecule has 0 spiro atoms. The predicted molar refractivity (Wildman–Crippen MR) is 97.2 cm³/mol. The van der Waals surface area contributed by atoms with Gasteiger partial charge in [-0.3, -0.25) is 4.90 Å². The zero-order valence-corrected chi connectivity index (χ0v) is 14.4. The number of anilines is 1. The minimum absolute atomic E-state index is 0.207. The van der Waals surface area contributed by atoms with E-state index in [1.54, 1.807) is 0 Å². The Morgan fingerprint density at radius 3 is 2.32 bits per heavy atom. The summed E-state index contributed by atoms with van der Waals surface area (Å²) in [5.74, 6) is -0.207. The van der Waals surface area contributed by atoms with Crippen LogP contribution in [0.1, 0.15) is 5.56 Å². The lowest BCUT2D eigenvalue weighted by Crippen LogP contribution is -2.49. The van der Waals surface area contributed by atoms with Crippen LogP contribution < -0.4 is 4.90 Å². The Morgan fingerprint density at radius 2 is 1.64 bits per heavy atom. The van der Waals surface area contributed by atoms with Gasteiger partial charge in [-0.15, -0.1) is 0 Å². The highest BCUT2D eigenvalue weighted by molar-refractivity contribution is 5.46. The normalized spacial score (nSPS) is 16.8. The summed E-state index contributed by atoms with van der Waals surface area (Å²) in [6.45, 7) is 5.00. The number of β-amino-alcohol motifs (C(OH)–C–C–N with tert-alkyl or cyclic N) is 1. The second-order valence-corrected chi connectivity index (χ2v) is 6.42. The van der Waals surface area contributed by atoms with Crippen molar-refractivity contribution in [1.82, 2.24) is 4.90 Å². The lowest BCUT2D eigenvalue weighted by Gasteiger charge is -2.36. The Morgan fingerprint density at radius 1 is 0.960 bits per heavy atom. The van der Waals surface area contributed by atoms with Crippen molar-refractivity contribution in [3.63, 3.8) is 0 Å². The average Bonchev–Trinajstić information content (AvgIpc) is 2.64. The molecule has 1 saturated heterocycles. The van der Waals surface area contributed by atoms with Crippen LogP contribution in [0.25, 0.3) is 0 Å². The van der Waals surface area contributed by atoms with Crippen LogP contribution in [0, 0.1) is 5.82 Å². The van der Waals surface area contributed by atoms with E-state index in [1.165, 1.54) is 12.1 Å². The number of piperazine rings is 1. The van der Waals surface area contributed by atoms with Crippen LogP contribution in [0.5, 0.6) is 0 Å². The van der Waals surface area contributed by atoms with Gasteiger partial charge in [0.25, 0.3) is 0 Å². The molecule has 3 rings (SSSR count). The quantitative estimate of drug-likeness (QED) is 0.837. The van der Waals surface area contributed by atoms with Gasteiger partial charge in [-0.05, 0) is 29.8 Å². The van der Waals surface area contributed by atoms with Crippen LogP contribution >= 0.6 is 0 Å². The zero-order valence-electron chi connectivity index (χ0n) is 14.4. The molecule has 0 saturated carbocycles. The summed E-state index contributed by atoms with van der Waals surface area (Å²) < 4.78 is 18.6. The van der Waals surface area contributed by atoms with Gasteiger partial charge in [0.15, 0.2) is 0 Å². The molecule has 1 atom stereocenters. The molecule has 1 heterocycles.